The van der Waals surface area contributed by atoms with E-state index < -0.39 is 5.41 Å². The van der Waals surface area contributed by atoms with Crippen molar-refractivity contribution < 1.29 is 0 Å². The number of nitrogens with zero attached hydrogens (tertiary/aromatic N) is 2. The van der Waals surface area contributed by atoms with Crippen LogP contribution in [-0.4, -0.2) is 0 Å². The molecule has 1 unspecified atom stereocenters. The van der Waals surface area contributed by atoms with E-state index in [1.54, 1.807) is 0 Å². The summed E-state index contributed by atoms with van der Waals surface area (Å²) in [4.78, 5) is 4.86. The van der Waals surface area contributed by atoms with Crippen molar-refractivity contribution in [2.75, 3.05) is 9.80 Å². The van der Waals surface area contributed by atoms with Crippen LogP contribution in [0.1, 0.15) is 22.3 Å². The first-order valence-electron chi connectivity index (χ1n) is 19.9. The first kappa shape index (κ1) is 33.0. The van der Waals surface area contributed by atoms with Crippen LogP contribution >= 0.6 is 11.3 Å². The number of benzene rings is 9. The fourth-order valence-corrected chi connectivity index (χ4v) is 11.1. The Morgan fingerprint density at radius 3 is 1.34 bits per heavy atom. The molecule has 0 saturated heterocycles. The molecule has 0 radical (unpaired) electrons. The zero-order valence-electron chi connectivity index (χ0n) is 31.6. The minimum Gasteiger partial charge on any atom is -0.310 e. The normalized spacial score (nSPS) is 14.6. The molecule has 1 heterocycles. The fraction of sp³-hybridized carbons (Fsp3) is 0.0182. The van der Waals surface area contributed by atoms with Crippen LogP contribution in [-0.2, 0) is 5.41 Å². The second-order valence-corrected chi connectivity index (χ2v) is 16.3. The van der Waals surface area contributed by atoms with E-state index in [1.165, 1.54) is 70.4 Å². The summed E-state index contributed by atoms with van der Waals surface area (Å²) < 4.78 is 2.59. The van der Waals surface area contributed by atoms with Crippen molar-refractivity contribution in [1.82, 2.24) is 0 Å². The molecule has 0 N–H and O–H groups in total. The first-order chi connectivity index (χ1) is 28.8. The number of rotatable bonds is 6. The van der Waals surface area contributed by atoms with E-state index in [0.717, 1.165) is 28.4 Å². The Morgan fingerprint density at radius 2 is 0.759 bits per heavy atom. The van der Waals surface area contributed by atoms with Gasteiger partial charge in [0.1, 0.15) is 0 Å². The molecule has 2 nitrogen and oxygen atoms in total. The van der Waals surface area contributed by atoms with Crippen LogP contribution in [0.2, 0.25) is 0 Å². The molecule has 58 heavy (non-hydrogen) atoms. The highest BCUT2D eigenvalue weighted by Crippen LogP contribution is 2.64. The van der Waals surface area contributed by atoms with Gasteiger partial charge >= 0.3 is 0 Å². The average Bonchev–Trinajstić information content (AvgIpc) is 3.92. The summed E-state index contributed by atoms with van der Waals surface area (Å²) in [5.41, 5.74) is 16.7. The lowest BCUT2D eigenvalue weighted by Crippen LogP contribution is -2.26. The molecule has 0 fully saturated rings. The standard InChI is InChI=1S/C55H36N2S/c1-4-17-37(18-5-1)56(38-19-6-2-7-20-38)40-31-33-44-42-23-10-13-27-48(42)55(50(44)35-40)49-28-14-11-24-43(49)45-34-32-41(36-51(45)55)57(39-21-8-3-9-22-39)52-29-16-26-47-46-25-12-15-30-53(46)58-54(47)52/h1-36H. The molecule has 3 heteroatoms. The zero-order chi connectivity index (χ0) is 38.2. The van der Waals surface area contributed by atoms with E-state index in [1.807, 2.05) is 11.3 Å². The maximum atomic E-state index is 2.50. The van der Waals surface area contributed by atoms with Crippen molar-refractivity contribution in [3.63, 3.8) is 0 Å². The fourth-order valence-electron chi connectivity index (χ4n) is 9.91. The Morgan fingerprint density at radius 1 is 0.310 bits per heavy atom. The van der Waals surface area contributed by atoms with Crippen LogP contribution < -0.4 is 9.80 Å². The Bertz CT molecular complexity index is 3140. The van der Waals surface area contributed by atoms with Gasteiger partial charge in [0.2, 0.25) is 0 Å². The molecule has 12 rings (SSSR count). The van der Waals surface area contributed by atoms with Gasteiger partial charge in [-0.25, -0.2) is 0 Å². The molecule has 0 bridgehead atoms. The predicted octanol–water partition coefficient (Wildman–Crippen LogP) is 15.3. The van der Waals surface area contributed by atoms with E-state index >= 15 is 0 Å². The summed E-state index contributed by atoms with van der Waals surface area (Å²) in [6, 6.07) is 80.4. The molecule has 0 saturated carbocycles. The third-order valence-corrected chi connectivity index (χ3v) is 13.4. The van der Waals surface area contributed by atoms with Crippen LogP contribution in [0.3, 0.4) is 0 Å². The quantitative estimate of drug-likeness (QED) is 0.167. The molecule has 2 aliphatic carbocycles. The molecule has 10 aromatic rings. The van der Waals surface area contributed by atoms with Gasteiger partial charge in [-0.2, -0.15) is 0 Å². The van der Waals surface area contributed by atoms with E-state index in [4.69, 9.17) is 0 Å². The van der Waals surface area contributed by atoms with Crippen molar-refractivity contribution >= 4 is 65.6 Å². The van der Waals surface area contributed by atoms with Gasteiger partial charge in [-0.3, -0.25) is 0 Å². The highest BCUT2D eigenvalue weighted by molar-refractivity contribution is 7.26. The molecular weight excluding hydrogens is 721 g/mol. The molecule has 0 amide bonds. The van der Waals surface area contributed by atoms with Crippen molar-refractivity contribution in [3.8, 4) is 22.3 Å². The van der Waals surface area contributed by atoms with Crippen LogP contribution in [0.4, 0.5) is 34.1 Å². The lowest BCUT2D eigenvalue weighted by molar-refractivity contribution is 0.793. The maximum Gasteiger partial charge on any atom is 0.0727 e. The third kappa shape index (κ3) is 4.71. The molecule has 1 aromatic heterocycles. The van der Waals surface area contributed by atoms with Gasteiger partial charge in [-0.05, 0) is 117 Å². The van der Waals surface area contributed by atoms with Crippen molar-refractivity contribution in [2.45, 2.75) is 5.41 Å². The molecule has 0 aliphatic heterocycles. The van der Waals surface area contributed by atoms with Crippen molar-refractivity contribution in [1.29, 1.82) is 0 Å². The topological polar surface area (TPSA) is 6.48 Å². The molecule has 1 atom stereocenters. The van der Waals surface area contributed by atoms with Gasteiger partial charge < -0.3 is 9.80 Å². The van der Waals surface area contributed by atoms with Gasteiger partial charge in [-0.15, -0.1) is 11.3 Å². The van der Waals surface area contributed by atoms with Crippen LogP contribution in [0.5, 0.6) is 0 Å². The summed E-state index contributed by atoms with van der Waals surface area (Å²) in [6.45, 7) is 0. The van der Waals surface area contributed by atoms with E-state index in [9.17, 15) is 0 Å². The number of thiophene rings is 1. The lowest BCUT2D eigenvalue weighted by Gasteiger charge is -2.33. The van der Waals surface area contributed by atoms with E-state index in [-0.39, 0.29) is 0 Å². The summed E-state index contributed by atoms with van der Waals surface area (Å²) >= 11 is 1.88. The second kappa shape index (κ2) is 12.9. The van der Waals surface area contributed by atoms with E-state index in [2.05, 4.69) is 228 Å². The van der Waals surface area contributed by atoms with Gasteiger partial charge in [-0.1, -0.05) is 146 Å². The van der Waals surface area contributed by atoms with Gasteiger partial charge in [0.05, 0.1) is 15.8 Å². The molecule has 1 spiro atoms. The minimum atomic E-state index is -0.533. The highest BCUT2D eigenvalue weighted by Gasteiger charge is 2.52. The van der Waals surface area contributed by atoms with Gasteiger partial charge in [0.15, 0.2) is 0 Å². The van der Waals surface area contributed by atoms with E-state index in [0.29, 0.717) is 0 Å². The van der Waals surface area contributed by atoms with Crippen molar-refractivity contribution in [3.05, 3.63) is 241 Å². The molecule has 9 aromatic carbocycles. The summed E-state index contributed by atoms with van der Waals surface area (Å²) in [6.07, 6.45) is 0. The largest absolute Gasteiger partial charge is 0.310 e. The van der Waals surface area contributed by atoms with Crippen LogP contribution in [0, 0.1) is 0 Å². The Hall–Kier alpha value is -7.20. The summed E-state index contributed by atoms with van der Waals surface area (Å²) in [7, 11) is 0. The van der Waals surface area contributed by atoms with Crippen LogP contribution in [0.15, 0.2) is 218 Å². The van der Waals surface area contributed by atoms with Gasteiger partial charge in [0.25, 0.3) is 0 Å². The van der Waals surface area contributed by atoms with Gasteiger partial charge in [0, 0.05) is 43.9 Å². The monoisotopic (exact) mass is 756 g/mol. The third-order valence-electron chi connectivity index (χ3n) is 12.2. The SMILES string of the molecule is c1ccc(N(c2ccccc2)c2ccc3c(c2)C2(c4ccccc4-3)c3ccccc3-c3ccc(N(c4ccccc4)c4cccc5c4sc4ccccc45)cc32)cc1. The number of hydrogen-bond acceptors (Lipinski definition) is 3. The molecular formula is C55H36N2S. The van der Waals surface area contributed by atoms with Crippen molar-refractivity contribution in [2.24, 2.45) is 0 Å². The number of fused-ring (bicyclic) bond motifs is 13. The number of para-hydroxylation sites is 3. The highest BCUT2D eigenvalue weighted by atomic mass is 32.1. The summed E-state index contributed by atoms with van der Waals surface area (Å²) in [5, 5.41) is 2.59. The number of anilines is 6. The van der Waals surface area contributed by atoms with Crippen LogP contribution in [0.25, 0.3) is 42.4 Å². The minimum absolute atomic E-state index is 0.533. The Labute approximate surface area is 342 Å². The second-order valence-electron chi connectivity index (χ2n) is 15.2. The first-order valence-corrected chi connectivity index (χ1v) is 20.8. The average molecular weight is 757 g/mol. The Balaban J connectivity index is 1.13. The maximum absolute atomic E-state index is 2.50. The Kier molecular flexibility index (Phi) is 7.35. The summed E-state index contributed by atoms with van der Waals surface area (Å²) in [5.74, 6) is 0. The zero-order valence-corrected chi connectivity index (χ0v) is 32.4. The lowest BCUT2D eigenvalue weighted by atomic mass is 9.70. The molecule has 272 valence electrons. The molecule has 2 aliphatic rings. The smallest absolute Gasteiger partial charge is 0.0727 e. The number of hydrogen-bond donors (Lipinski definition) is 0. The predicted molar refractivity (Wildman–Crippen MR) is 245 cm³/mol.